The van der Waals surface area contributed by atoms with Crippen LogP contribution in [0.1, 0.15) is 17.3 Å². The summed E-state index contributed by atoms with van der Waals surface area (Å²) >= 11 is 0. The van der Waals surface area contributed by atoms with Crippen molar-refractivity contribution in [3.05, 3.63) is 29.3 Å². The summed E-state index contributed by atoms with van der Waals surface area (Å²) in [5.74, 6) is -3.31. The number of carbonyl (C=O) groups excluding carboxylic acids is 2. The second-order valence-corrected chi connectivity index (χ2v) is 4.29. The lowest BCUT2D eigenvalue weighted by atomic mass is 10.1. The fraction of sp³-hybridized carbons (Fsp3) is 0.333. The molecule has 2 amide bonds. The van der Waals surface area contributed by atoms with Crippen LogP contribution in [0.5, 0.6) is 0 Å². The maximum atomic E-state index is 13.8. The summed E-state index contributed by atoms with van der Waals surface area (Å²) < 4.78 is 27.4. The smallest absolute Gasteiger partial charge is 0.260 e. The van der Waals surface area contributed by atoms with Crippen LogP contribution in [-0.4, -0.2) is 35.8 Å². The molecular formula is C12H13F2N3O2. The number of nitrogens with one attached hydrogen (secondary N) is 1. The van der Waals surface area contributed by atoms with E-state index in [1.54, 1.807) is 0 Å². The molecule has 1 saturated heterocycles. The van der Waals surface area contributed by atoms with E-state index in [1.165, 1.54) is 6.92 Å². The molecule has 2 rings (SSSR count). The zero-order valence-corrected chi connectivity index (χ0v) is 10.2. The van der Waals surface area contributed by atoms with Gasteiger partial charge in [-0.3, -0.25) is 9.59 Å². The summed E-state index contributed by atoms with van der Waals surface area (Å²) in [5.41, 5.74) is 4.30. The first kappa shape index (κ1) is 13.3. The molecule has 0 spiro atoms. The first-order valence-electron chi connectivity index (χ1n) is 5.75. The molecule has 0 bridgehead atoms. The Morgan fingerprint density at radius 3 is 2.84 bits per heavy atom. The predicted octanol–water partition coefficient (Wildman–Crippen LogP) is 0.507. The van der Waals surface area contributed by atoms with Gasteiger partial charge in [-0.25, -0.2) is 8.78 Å². The molecule has 0 saturated carbocycles. The Balaban J connectivity index is 2.39. The zero-order valence-electron chi connectivity index (χ0n) is 10.2. The number of nitrogen functional groups attached to an aromatic ring is 1. The number of hydrogen-bond acceptors (Lipinski definition) is 3. The second-order valence-electron chi connectivity index (χ2n) is 4.29. The number of halogens is 2. The van der Waals surface area contributed by atoms with Gasteiger partial charge in [0.05, 0.1) is 5.69 Å². The van der Waals surface area contributed by atoms with Crippen LogP contribution in [0.25, 0.3) is 0 Å². The lowest BCUT2D eigenvalue weighted by Gasteiger charge is -2.33. The van der Waals surface area contributed by atoms with Gasteiger partial charge in [0, 0.05) is 13.1 Å². The average molecular weight is 269 g/mol. The summed E-state index contributed by atoms with van der Waals surface area (Å²) in [4.78, 5) is 24.7. The van der Waals surface area contributed by atoms with Gasteiger partial charge in [-0.15, -0.1) is 0 Å². The predicted molar refractivity (Wildman–Crippen MR) is 64.3 cm³/mol. The van der Waals surface area contributed by atoms with Crippen LogP contribution in [-0.2, 0) is 4.79 Å². The first-order valence-corrected chi connectivity index (χ1v) is 5.75. The zero-order chi connectivity index (χ0) is 14.2. The minimum Gasteiger partial charge on any atom is -0.396 e. The van der Waals surface area contributed by atoms with E-state index in [2.05, 4.69) is 5.32 Å². The number of amides is 2. The Morgan fingerprint density at radius 2 is 2.16 bits per heavy atom. The van der Waals surface area contributed by atoms with Gasteiger partial charge in [0.2, 0.25) is 5.91 Å². The third-order valence-electron chi connectivity index (χ3n) is 3.09. The quantitative estimate of drug-likeness (QED) is 0.729. The number of carbonyl (C=O) groups is 2. The van der Waals surface area contributed by atoms with Gasteiger partial charge in [0.1, 0.15) is 17.4 Å². The highest BCUT2D eigenvalue weighted by atomic mass is 19.1. The summed E-state index contributed by atoms with van der Waals surface area (Å²) in [6.45, 7) is 1.94. The van der Waals surface area contributed by atoms with E-state index in [0.717, 1.165) is 17.0 Å². The summed E-state index contributed by atoms with van der Waals surface area (Å²) in [7, 11) is 0. The van der Waals surface area contributed by atoms with Crippen molar-refractivity contribution in [3.8, 4) is 0 Å². The standard InChI is InChI=1S/C12H13F2N3O2/c1-6-11(18)16-4-5-17(6)12(19)9-7(13)2-3-8(15)10(9)14/h2-3,6H,4-5,15H2,1H3,(H,16,18). The number of hydrogen-bond donors (Lipinski definition) is 2. The highest BCUT2D eigenvalue weighted by Gasteiger charge is 2.33. The Kier molecular flexibility index (Phi) is 3.37. The third kappa shape index (κ3) is 2.23. The molecule has 19 heavy (non-hydrogen) atoms. The van der Waals surface area contributed by atoms with Crippen molar-refractivity contribution < 1.29 is 18.4 Å². The molecule has 1 aromatic carbocycles. The number of nitrogens with two attached hydrogens (primary N) is 1. The van der Waals surface area contributed by atoms with Crippen molar-refractivity contribution in [1.29, 1.82) is 0 Å². The van der Waals surface area contributed by atoms with Crippen molar-refractivity contribution >= 4 is 17.5 Å². The summed E-state index contributed by atoms with van der Waals surface area (Å²) in [6.07, 6.45) is 0. The molecule has 1 aliphatic rings. The molecule has 1 aliphatic heterocycles. The van der Waals surface area contributed by atoms with Crippen LogP contribution in [0.2, 0.25) is 0 Å². The van der Waals surface area contributed by atoms with Crippen molar-refractivity contribution in [2.75, 3.05) is 18.8 Å². The summed E-state index contributed by atoms with van der Waals surface area (Å²) in [6, 6.07) is 1.20. The molecular weight excluding hydrogens is 256 g/mol. The van der Waals surface area contributed by atoms with Crippen molar-refractivity contribution in [2.24, 2.45) is 0 Å². The molecule has 0 radical (unpaired) electrons. The molecule has 1 unspecified atom stereocenters. The molecule has 0 aromatic heterocycles. The maximum Gasteiger partial charge on any atom is 0.260 e. The SMILES string of the molecule is CC1C(=O)NCCN1C(=O)c1c(F)ccc(N)c1F. The molecule has 5 nitrogen and oxygen atoms in total. The monoisotopic (exact) mass is 269 g/mol. The summed E-state index contributed by atoms with van der Waals surface area (Å²) in [5, 5.41) is 2.56. The van der Waals surface area contributed by atoms with Crippen LogP contribution in [0.3, 0.4) is 0 Å². The molecule has 102 valence electrons. The molecule has 7 heteroatoms. The maximum absolute atomic E-state index is 13.8. The van der Waals surface area contributed by atoms with E-state index in [0.29, 0.717) is 0 Å². The minimum absolute atomic E-state index is 0.194. The highest BCUT2D eigenvalue weighted by molar-refractivity contribution is 5.99. The number of nitrogens with zero attached hydrogens (tertiary/aromatic N) is 1. The van der Waals surface area contributed by atoms with Gasteiger partial charge in [0.25, 0.3) is 5.91 Å². The average Bonchev–Trinajstić information content (AvgIpc) is 2.37. The molecule has 0 aliphatic carbocycles. The van der Waals surface area contributed by atoms with E-state index in [1.807, 2.05) is 0 Å². The van der Waals surface area contributed by atoms with E-state index in [-0.39, 0.29) is 24.7 Å². The van der Waals surface area contributed by atoms with Gasteiger partial charge in [-0.2, -0.15) is 0 Å². The lowest BCUT2D eigenvalue weighted by molar-refractivity contribution is -0.127. The normalized spacial score (nSPS) is 19.2. The molecule has 1 fully saturated rings. The Labute approximate surface area is 108 Å². The topological polar surface area (TPSA) is 75.4 Å². The molecule has 1 atom stereocenters. The van der Waals surface area contributed by atoms with Crippen LogP contribution in [0, 0.1) is 11.6 Å². The van der Waals surface area contributed by atoms with Crippen LogP contribution < -0.4 is 11.1 Å². The number of rotatable bonds is 1. The van der Waals surface area contributed by atoms with Crippen molar-refractivity contribution in [3.63, 3.8) is 0 Å². The number of benzene rings is 1. The number of piperazine rings is 1. The Bertz CT molecular complexity index is 548. The fourth-order valence-electron chi connectivity index (χ4n) is 1.97. The van der Waals surface area contributed by atoms with E-state index in [9.17, 15) is 18.4 Å². The Morgan fingerprint density at radius 1 is 1.47 bits per heavy atom. The Hall–Kier alpha value is -2.18. The first-order chi connectivity index (χ1) is 8.93. The van der Waals surface area contributed by atoms with E-state index >= 15 is 0 Å². The second kappa shape index (κ2) is 4.83. The number of anilines is 1. The fourth-order valence-corrected chi connectivity index (χ4v) is 1.97. The van der Waals surface area contributed by atoms with Gasteiger partial charge in [-0.1, -0.05) is 0 Å². The lowest BCUT2D eigenvalue weighted by Crippen LogP contribution is -2.56. The van der Waals surface area contributed by atoms with E-state index < -0.39 is 29.1 Å². The third-order valence-corrected chi connectivity index (χ3v) is 3.09. The minimum atomic E-state index is -1.09. The van der Waals surface area contributed by atoms with Gasteiger partial charge in [-0.05, 0) is 19.1 Å². The van der Waals surface area contributed by atoms with Gasteiger partial charge < -0.3 is 16.0 Å². The van der Waals surface area contributed by atoms with E-state index in [4.69, 9.17) is 5.73 Å². The van der Waals surface area contributed by atoms with Gasteiger partial charge >= 0.3 is 0 Å². The van der Waals surface area contributed by atoms with Crippen LogP contribution in [0.15, 0.2) is 12.1 Å². The van der Waals surface area contributed by atoms with Crippen LogP contribution >= 0.6 is 0 Å². The van der Waals surface area contributed by atoms with Crippen molar-refractivity contribution in [1.82, 2.24) is 10.2 Å². The van der Waals surface area contributed by atoms with Gasteiger partial charge in [0.15, 0.2) is 5.82 Å². The molecule has 3 N–H and O–H groups in total. The van der Waals surface area contributed by atoms with Crippen LogP contribution in [0.4, 0.5) is 14.5 Å². The highest BCUT2D eigenvalue weighted by Crippen LogP contribution is 2.21. The molecule has 1 heterocycles. The van der Waals surface area contributed by atoms with Crippen molar-refractivity contribution in [2.45, 2.75) is 13.0 Å². The molecule has 1 aromatic rings. The largest absolute Gasteiger partial charge is 0.396 e.